The lowest BCUT2D eigenvalue weighted by Gasteiger charge is -2.39. The van der Waals surface area contributed by atoms with E-state index in [1.165, 1.54) is 28.7 Å². The maximum atomic E-state index is 13.1. The number of aryl methyl sites for hydroxylation is 1. The highest BCUT2D eigenvalue weighted by Crippen LogP contribution is 2.32. The average molecular weight is 597 g/mol. The van der Waals surface area contributed by atoms with Crippen LogP contribution in [0.15, 0.2) is 97.8 Å². The van der Waals surface area contributed by atoms with Crippen LogP contribution in [0.5, 0.6) is 0 Å². The molecule has 5 rings (SSSR count). The van der Waals surface area contributed by atoms with E-state index < -0.39 is 4.92 Å². The number of para-hydroxylation sites is 2. The van der Waals surface area contributed by atoms with Gasteiger partial charge < -0.3 is 14.5 Å². The minimum Gasteiger partial charge on any atom is -0.445 e. The highest BCUT2D eigenvalue weighted by molar-refractivity contribution is 5.71. The van der Waals surface area contributed by atoms with Crippen LogP contribution in [0.3, 0.4) is 0 Å². The van der Waals surface area contributed by atoms with Gasteiger partial charge in [0.25, 0.3) is 5.69 Å². The fourth-order valence-electron chi connectivity index (χ4n) is 6.31. The number of nitrogens with zero attached hydrogens (tertiary/aromatic N) is 5. The van der Waals surface area contributed by atoms with E-state index in [9.17, 15) is 14.9 Å². The number of ether oxygens (including phenoxy) is 1. The molecule has 9 heteroatoms. The van der Waals surface area contributed by atoms with Gasteiger partial charge in [0.1, 0.15) is 6.61 Å². The van der Waals surface area contributed by atoms with Crippen LogP contribution in [0, 0.1) is 10.1 Å². The smallest absolute Gasteiger partial charge is 0.410 e. The normalized spacial score (nSPS) is 15.5. The number of amides is 1. The van der Waals surface area contributed by atoms with Crippen molar-refractivity contribution in [3.05, 3.63) is 119 Å². The summed E-state index contributed by atoms with van der Waals surface area (Å²) in [6.45, 7) is 10.4. The number of carbonyl (C=O) groups excluding carboxylic acids is 1. The molecule has 1 amide bonds. The predicted molar refractivity (Wildman–Crippen MR) is 171 cm³/mol. The fraction of sp³-hybridized carbons (Fsp3) is 0.371. The Hall–Kier alpha value is -4.50. The third-order valence-electron chi connectivity index (χ3n) is 8.92. The minimum absolute atomic E-state index is 0.0107. The molecule has 230 valence electrons. The largest absolute Gasteiger partial charge is 0.445 e. The van der Waals surface area contributed by atoms with Crippen molar-refractivity contribution in [2.75, 3.05) is 26.2 Å². The van der Waals surface area contributed by atoms with E-state index in [0.29, 0.717) is 12.1 Å². The third kappa shape index (κ3) is 7.17. The van der Waals surface area contributed by atoms with Crippen LogP contribution in [0.1, 0.15) is 37.3 Å². The lowest BCUT2D eigenvalue weighted by Crippen LogP contribution is -2.48. The molecule has 0 bridgehead atoms. The van der Waals surface area contributed by atoms with Crippen molar-refractivity contribution in [1.29, 1.82) is 0 Å². The molecule has 3 aromatic carbocycles. The van der Waals surface area contributed by atoms with Gasteiger partial charge in [0.05, 0.1) is 18.5 Å². The van der Waals surface area contributed by atoms with Gasteiger partial charge >= 0.3 is 6.09 Å². The first-order valence-corrected chi connectivity index (χ1v) is 15.3. The molecule has 0 aliphatic carbocycles. The lowest BCUT2D eigenvalue weighted by molar-refractivity contribution is -0.645. The Morgan fingerprint density at radius 3 is 2.45 bits per heavy atom. The van der Waals surface area contributed by atoms with Crippen LogP contribution in [-0.4, -0.2) is 57.6 Å². The summed E-state index contributed by atoms with van der Waals surface area (Å²) in [6.07, 6.45) is 6.28. The topological polar surface area (TPSA) is 84.7 Å². The van der Waals surface area contributed by atoms with Gasteiger partial charge in [-0.1, -0.05) is 55.5 Å². The highest BCUT2D eigenvalue weighted by Gasteiger charge is 2.33. The van der Waals surface area contributed by atoms with Crippen LogP contribution < -0.4 is 4.57 Å². The lowest BCUT2D eigenvalue weighted by atomic mass is 9.79. The van der Waals surface area contributed by atoms with Crippen molar-refractivity contribution in [3.8, 4) is 0 Å². The number of hydrogen-bond acceptors (Lipinski definition) is 5. The van der Waals surface area contributed by atoms with Crippen molar-refractivity contribution < 1.29 is 19.0 Å². The van der Waals surface area contributed by atoms with Crippen LogP contribution >= 0.6 is 0 Å². The number of fused-ring (bicyclic) bond motifs is 1. The van der Waals surface area contributed by atoms with Crippen molar-refractivity contribution in [3.63, 3.8) is 0 Å². The summed E-state index contributed by atoms with van der Waals surface area (Å²) in [6, 6.07) is 25.5. The first kappa shape index (κ1) is 30.9. The second-order valence-corrected chi connectivity index (χ2v) is 12.0. The number of aromatic nitrogens is 2. The molecule has 1 fully saturated rings. The molecule has 0 N–H and O–H groups in total. The molecule has 1 atom stereocenters. The molecule has 0 saturated carbocycles. The van der Waals surface area contributed by atoms with E-state index in [1.54, 1.807) is 23.1 Å². The summed E-state index contributed by atoms with van der Waals surface area (Å²) in [4.78, 5) is 27.8. The number of benzene rings is 3. The van der Waals surface area contributed by atoms with Gasteiger partial charge in [-0.2, -0.15) is 0 Å². The number of rotatable bonds is 12. The monoisotopic (exact) mass is 596 g/mol. The summed E-state index contributed by atoms with van der Waals surface area (Å²) >= 11 is 0. The maximum Gasteiger partial charge on any atom is 0.410 e. The van der Waals surface area contributed by atoms with Crippen LogP contribution in [0.4, 0.5) is 10.5 Å². The SMILES string of the molecule is C=CCN(C(=O)OCc1ccc([N+](=O)[O-])cc1)C1CCN(CCC(C)(Cn2c[n+](C)c3ccccc32)c2ccccc2)CC1. The molecule has 1 aliphatic rings. The number of imidazole rings is 1. The van der Waals surface area contributed by atoms with Gasteiger partial charge in [-0.05, 0) is 61.2 Å². The predicted octanol–water partition coefficient (Wildman–Crippen LogP) is 6.01. The molecule has 4 aromatic rings. The van der Waals surface area contributed by atoms with Crippen LogP contribution in [0.25, 0.3) is 11.0 Å². The summed E-state index contributed by atoms with van der Waals surface area (Å²) in [5, 5.41) is 10.9. The van der Waals surface area contributed by atoms with E-state index in [0.717, 1.165) is 45.4 Å². The number of nitro benzene ring substituents is 1. The van der Waals surface area contributed by atoms with E-state index in [2.05, 4.69) is 95.5 Å². The average Bonchev–Trinajstić information content (AvgIpc) is 3.36. The molecule has 44 heavy (non-hydrogen) atoms. The van der Waals surface area contributed by atoms with Gasteiger partial charge in [-0.3, -0.25) is 10.1 Å². The number of piperidine rings is 1. The zero-order chi connectivity index (χ0) is 31.1. The van der Waals surface area contributed by atoms with Crippen LogP contribution in [-0.2, 0) is 30.4 Å². The molecule has 0 spiro atoms. The van der Waals surface area contributed by atoms with E-state index in [1.807, 2.05) is 0 Å². The molecule has 1 saturated heterocycles. The van der Waals surface area contributed by atoms with Gasteiger partial charge in [-0.25, -0.2) is 13.9 Å². The Bertz CT molecular complexity index is 1580. The van der Waals surface area contributed by atoms with Gasteiger partial charge in [0.2, 0.25) is 6.33 Å². The molecular formula is C35H42N5O4+. The fourth-order valence-corrected chi connectivity index (χ4v) is 6.31. The Morgan fingerprint density at radius 2 is 1.77 bits per heavy atom. The Kier molecular flexibility index (Phi) is 9.75. The van der Waals surface area contributed by atoms with Gasteiger partial charge in [0, 0.05) is 43.2 Å². The molecule has 1 aliphatic heterocycles. The first-order valence-electron chi connectivity index (χ1n) is 15.3. The summed E-state index contributed by atoms with van der Waals surface area (Å²) in [5.74, 6) is 0. The number of likely N-dealkylation sites (tertiary alicyclic amines) is 1. The summed E-state index contributed by atoms with van der Waals surface area (Å²) in [5.41, 5.74) is 4.45. The zero-order valence-electron chi connectivity index (χ0n) is 25.7. The van der Waals surface area contributed by atoms with Crippen molar-refractivity contribution in [1.82, 2.24) is 14.4 Å². The molecule has 9 nitrogen and oxygen atoms in total. The number of carbonyl (C=O) groups is 1. The number of nitro groups is 1. The molecular weight excluding hydrogens is 554 g/mol. The molecule has 1 aromatic heterocycles. The molecule has 0 radical (unpaired) electrons. The summed E-state index contributed by atoms with van der Waals surface area (Å²) < 4.78 is 10.2. The highest BCUT2D eigenvalue weighted by atomic mass is 16.6. The Morgan fingerprint density at radius 1 is 1.09 bits per heavy atom. The Labute approximate surface area is 259 Å². The zero-order valence-corrected chi connectivity index (χ0v) is 25.7. The third-order valence-corrected chi connectivity index (χ3v) is 8.92. The van der Waals surface area contributed by atoms with Crippen molar-refractivity contribution >= 4 is 22.8 Å². The maximum absolute atomic E-state index is 13.1. The number of non-ortho nitro benzene ring substituents is 1. The molecule has 2 heterocycles. The van der Waals surface area contributed by atoms with E-state index >= 15 is 0 Å². The second-order valence-electron chi connectivity index (χ2n) is 12.0. The van der Waals surface area contributed by atoms with E-state index in [4.69, 9.17) is 4.74 Å². The number of hydrogen-bond donors (Lipinski definition) is 0. The summed E-state index contributed by atoms with van der Waals surface area (Å²) in [7, 11) is 2.10. The minimum atomic E-state index is -0.444. The van der Waals surface area contributed by atoms with Crippen LogP contribution in [0.2, 0.25) is 0 Å². The van der Waals surface area contributed by atoms with Gasteiger partial charge in [-0.15, -0.1) is 6.58 Å². The van der Waals surface area contributed by atoms with Crippen molar-refractivity contribution in [2.45, 2.75) is 50.8 Å². The standard InChI is InChI=1S/C35H42N5O4/c1-4-21-39(34(41)44-25-28-14-16-31(17-15-28)40(42)43)30-18-22-37(23-19-30)24-20-35(2,29-10-6-5-7-11-29)26-38-27-36(3)32-12-8-9-13-33(32)38/h4-17,27,30H,1,18-26H2,2-3H3/q+1. The van der Waals surface area contributed by atoms with E-state index in [-0.39, 0.29) is 29.8 Å². The first-order chi connectivity index (χ1) is 21.3. The van der Waals surface area contributed by atoms with Gasteiger partial charge in [0.15, 0.2) is 11.0 Å². The second kappa shape index (κ2) is 13.9. The quantitative estimate of drug-likeness (QED) is 0.0866. The Balaban J connectivity index is 1.19. The molecule has 1 unspecified atom stereocenters. The van der Waals surface area contributed by atoms with Crippen molar-refractivity contribution in [2.24, 2.45) is 7.05 Å².